The molecule has 0 aliphatic carbocycles. The third kappa shape index (κ3) is 2.19. The van der Waals surface area contributed by atoms with E-state index in [2.05, 4.69) is 0 Å². The second-order valence-electron chi connectivity index (χ2n) is 4.72. The van der Waals surface area contributed by atoms with Gasteiger partial charge in [0.25, 0.3) is 5.91 Å². The van der Waals surface area contributed by atoms with Gasteiger partial charge in [0, 0.05) is 28.9 Å². The number of benzene rings is 2. The maximum absolute atomic E-state index is 12.0. The second kappa shape index (κ2) is 5.27. The molecular formula is C16H14ClNO2. The van der Waals surface area contributed by atoms with Crippen molar-refractivity contribution in [2.45, 2.75) is 6.10 Å². The van der Waals surface area contributed by atoms with E-state index in [-0.39, 0.29) is 18.6 Å². The van der Waals surface area contributed by atoms with Gasteiger partial charge in [0.15, 0.2) is 0 Å². The predicted octanol–water partition coefficient (Wildman–Crippen LogP) is 3.42. The number of nitrogens with zero attached hydrogens (tertiary/aromatic N) is 1. The zero-order valence-corrected chi connectivity index (χ0v) is 11.8. The van der Waals surface area contributed by atoms with E-state index in [1.165, 1.54) is 0 Å². The third-order valence-electron chi connectivity index (χ3n) is 3.52. The number of fused-ring (bicyclic) bond motifs is 1. The molecule has 20 heavy (non-hydrogen) atoms. The Kier molecular flexibility index (Phi) is 3.47. The summed E-state index contributed by atoms with van der Waals surface area (Å²) in [4.78, 5) is 13.6. The fourth-order valence-corrected chi connectivity index (χ4v) is 2.67. The van der Waals surface area contributed by atoms with Crippen LogP contribution >= 0.6 is 11.6 Å². The molecule has 102 valence electrons. The van der Waals surface area contributed by atoms with Crippen molar-refractivity contribution in [2.75, 3.05) is 18.6 Å². The molecule has 3 rings (SSSR count). The first-order valence-electron chi connectivity index (χ1n) is 6.40. The van der Waals surface area contributed by atoms with Gasteiger partial charge in [-0.25, -0.2) is 0 Å². The lowest BCUT2D eigenvalue weighted by Gasteiger charge is -2.20. The van der Waals surface area contributed by atoms with Crippen LogP contribution in [0.5, 0.6) is 0 Å². The smallest absolute Gasteiger partial charge is 0.252 e. The number of halogens is 1. The Morgan fingerprint density at radius 1 is 1.10 bits per heavy atom. The Bertz CT molecular complexity index is 656. The van der Waals surface area contributed by atoms with Gasteiger partial charge in [-0.2, -0.15) is 0 Å². The molecule has 1 unspecified atom stereocenters. The van der Waals surface area contributed by atoms with Crippen LogP contribution in [0.4, 0.5) is 5.69 Å². The molecule has 0 bridgehead atoms. The molecule has 4 heteroatoms. The molecule has 1 aliphatic rings. The van der Waals surface area contributed by atoms with Gasteiger partial charge in [-0.15, -0.1) is 0 Å². The van der Waals surface area contributed by atoms with Gasteiger partial charge in [-0.3, -0.25) is 4.79 Å². The summed E-state index contributed by atoms with van der Waals surface area (Å²) in [6.45, 7) is 0.0427. The zero-order chi connectivity index (χ0) is 14.1. The van der Waals surface area contributed by atoms with Crippen LogP contribution in [0.3, 0.4) is 0 Å². The van der Waals surface area contributed by atoms with E-state index in [0.717, 1.165) is 16.8 Å². The molecule has 0 spiro atoms. The van der Waals surface area contributed by atoms with Crippen LogP contribution in [-0.4, -0.2) is 19.6 Å². The Morgan fingerprint density at radius 3 is 2.50 bits per heavy atom. The van der Waals surface area contributed by atoms with Crippen molar-refractivity contribution >= 4 is 23.2 Å². The first-order valence-corrected chi connectivity index (χ1v) is 6.78. The van der Waals surface area contributed by atoms with E-state index in [1.807, 2.05) is 48.5 Å². The van der Waals surface area contributed by atoms with Gasteiger partial charge in [0.1, 0.15) is 12.7 Å². The Morgan fingerprint density at radius 2 is 1.75 bits per heavy atom. The van der Waals surface area contributed by atoms with Crippen LogP contribution in [0, 0.1) is 0 Å². The number of carbonyl (C=O) groups excluding carboxylic acids is 1. The minimum atomic E-state index is -0.325. The van der Waals surface area contributed by atoms with E-state index in [1.54, 1.807) is 11.9 Å². The lowest BCUT2D eigenvalue weighted by Crippen LogP contribution is -2.28. The standard InChI is InChI=1S/C16H14ClNO2/c1-18-14-9-5-3-7-12(14)16(20-10-15(18)19)11-6-2-4-8-13(11)17/h2-9,16H,10H2,1H3. The molecule has 0 aromatic heterocycles. The monoisotopic (exact) mass is 287 g/mol. The summed E-state index contributed by atoms with van der Waals surface area (Å²) >= 11 is 6.27. The molecule has 1 heterocycles. The van der Waals surface area contributed by atoms with Crippen molar-refractivity contribution in [1.29, 1.82) is 0 Å². The lowest BCUT2D eigenvalue weighted by atomic mass is 9.99. The number of likely N-dealkylation sites (N-methyl/N-ethyl adjacent to an activating group) is 1. The van der Waals surface area contributed by atoms with Crippen LogP contribution in [-0.2, 0) is 9.53 Å². The Labute approximate surface area is 122 Å². The largest absolute Gasteiger partial charge is 0.359 e. The number of para-hydroxylation sites is 1. The summed E-state index contributed by atoms with van der Waals surface area (Å²) in [5, 5.41) is 0.643. The minimum absolute atomic E-state index is 0.0427. The first kappa shape index (κ1) is 13.2. The van der Waals surface area contributed by atoms with E-state index in [0.29, 0.717) is 5.02 Å². The zero-order valence-electron chi connectivity index (χ0n) is 11.0. The second-order valence-corrected chi connectivity index (χ2v) is 5.13. The van der Waals surface area contributed by atoms with Crippen LogP contribution in [0.25, 0.3) is 0 Å². The van der Waals surface area contributed by atoms with E-state index in [9.17, 15) is 4.79 Å². The molecule has 2 aromatic rings. The van der Waals surface area contributed by atoms with Gasteiger partial charge in [0.2, 0.25) is 0 Å². The quantitative estimate of drug-likeness (QED) is 0.804. The van der Waals surface area contributed by atoms with Crippen molar-refractivity contribution in [1.82, 2.24) is 0 Å². The maximum atomic E-state index is 12.0. The van der Waals surface area contributed by atoms with Crippen molar-refractivity contribution in [3.05, 3.63) is 64.7 Å². The summed E-state index contributed by atoms with van der Waals surface area (Å²) in [6, 6.07) is 15.3. The molecule has 1 atom stereocenters. The van der Waals surface area contributed by atoms with Gasteiger partial charge in [0.05, 0.1) is 0 Å². The van der Waals surface area contributed by atoms with E-state index < -0.39 is 0 Å². The number of hydrogen-bond donors (Lipinski definition) is 0. The minimum Gasteiger partial charge on any atom is -0.359 e. The van der Waals surface area contributed by atoms with Crippen LogP contribution in [0.1, 0.15) is 17.2 Å². The van der Waals surface area contributed by atoms with Gasteiger partial charge < -0.3 is 9.64 Å². The van der Waals surface area contributed by atoms with Crippen LogP contribution in [0.15, 0.2) is 48.5 Å². The number of rotatable bonds is 1. The van der Waals surface area contributed by atoms with Gasteiger partial charge in [-0.1, -0.05) is 48.0 Å². The van der Waals surface area contributed by atoms with E-state index >= 15 is 0 Å². The molecule has 0 saturated heterocycles. The van der Waals surface area contributed by atoms with Gasteiger partial charge >= 0.3 is 0 Å². The van der Waals surface area contributed by atoms with E-state index in [4.69, 9.17) is 16.3 Å². The third-order valence-corrected chi connectivity index (χ3v) is 3.86. The van der Waals surface area contributed by atoms with Crippen molar-refractivity contribution in [3.8, 4) is 0 Å². The molecule has 3 nitrogen and oxygen atoms in total. The summed E-state index contributed by atoms with van der Waals surface area (Å²) in [7, 11) is 1.76. The number of anilines is 1. The van der Waals surface area contributed by atoms with Crippen molar-refractivity contribution in [2.24, 2.45) is 0 Å². The molecular weight excluding hydrogens is 274 g/mol. The summed E-state index contributed by atoms with van der Waals surface area (Å²) in [5.74, 6) is -0.0630. The average Bonchev–Trinajstić information content (AvgIpc) is 2.59. The highest BCUT2D eigenvalue weighted by atomic mass is 35.5. The summed E-state index contributed by atoms with van der Waals surface area (Å²) in [5.41, 5.74) is 2.69. The number of amides is 1. The Balaban J connectivity index is 2.15. The highest BCUT2D eigenvalue weighted by Gasteiger charge is 2.28. The van der Waals surface area contributed by atoms with Crippen LogP contribution < -0.4 is 4.90 Å². The summed E-state index contributed by atoms with van der Waals surface area (Å²) in [6.07, 6.45) is -0.325. The van der Waals surface area contributed by atoms with Gasteiger partial charge in [-0.05, 0) is 12.1 Å². The topological polar surface area (TPSA) is 29.5 Å². The molecule has 1 amide bonds. The fraction of sp³-hybridized carbons (Fsp3) is 0.188. The molecule has 0 N–H and O–H groups in total. The SMILES string of the molecule is CN1C(=O)COC(c2ccccc2Cl)c2ccccc21. The molecule has 2 aromatic carbocycles. The van der Waals surface area contributed by atoms with Crippen LogP contribution in [0.2, 0.25) is 5.02 Å². The first-order chi connectivity index (χ1) is 9.68. The maximum Gasteiger partial charge on any atom is 0.252 e. The molecule has 0 saturated carbocycles. The normalized spacial score (nSPS) is 18.6. The van der Waals surface area contributed by atoms with Crippen molar-refractivity contribution < 1.29 is 9.53 Å². The average molecular weight is 288 g/mol. The number of hydrogen-bond acceptors (Lipinski definition) is 2. The summed E-state index contributed by atoms with van der Waals surface area (Å²) < 4.78 is 5.80. The van der Waals surface area contributed by atoms with Crippen molar-refractivity contribution in [3.63, 3.8) is 0 Å². The number of carbonyl (C=O) groups is 1. The number of ether oxygens (including phenoxy) is 1. The molecule has 1 aliphatic heterocycles. The molecule has 0 fully saturated rings. The lowest BCUT2D eigenvalue weighted by molar-refractivity contribution is -0.123. The highest BCUT2D eigenvalue weighted by molar-refractivity contribution is 6.31. The Hall–Kier alpha value is -1.84. The fourth-order valence-electron chi connectivity index (χ4n) is 2.44. The highest BCUT2D eigenvalue weighted by Crippen LogP contribution is 2.37. The molecule has 0 radical (unpaired) electrons. The predicted molar refractivity (Wildman–Crippen MR) is 79.1 cm³/mol.